The third-order valence-electron chi connectivity index (χ3n) is 3.64. The molecule has 0 spiro atoms. The summed E-state index contributed by atoms with van der Waals surface area (Å²) in [5, 5.41) is 3.24. The van der Waals surface area contributed by atoms with Gasteiger partial charge < -0.3 is 15.0 Å². The minimum Gasteiger partial charge on any atom is -0.496 e. The summed E-state index contributed by atoms with van der Waals surface area (Å²) < 4.78 is 5.32. The summed E-state index contributed by atoms with van der Waals surface area (Å²) in [6.45, 7) is 1.67. The highest BCUT2D eigenvalue weighted by Gasteiger charge is 2.24. The van der Waals surface area contributed by atoms with E-state index in [0.29, 0.717) is 0 Å². The fourth-order valence-electron chi connectivity index (χ4n) is 2.47. The van der Waals surface area contributed by atoms with Crippen molar-refractivity contribution in [3.63, 3.8) is 0 Å². The summed E-state index contributed by atoms with van der Waals surface area (Å²) in [6, 6.07) is 7.97. The molecule has 1 aliphatic heterocycles. The van der Waals surface area contributed by atoms with Crippen molar-refractivity contribution in [2.45, 2.75) is 25.3 Å². The molecular formula is C15H22N2O2. The Balaban J connectivity index is 1.88. The minimum atomic E-state index is 0.0164. The number of carbonyl (C=O) groups is 1. The summed E-state index contributed by atoms with van der Waals surface area (Å²) in [7, 11) is 3.55. The Hall–Kier alpha value is -1.55. The predicted molar refractivity (Wildman–Crippen MR) is 75.4 cm³/mol. The molecule has 4 nitrogen and oxygen atoms in total. The van der Waals surface area contributed by atoms with Gasteiger partial charge in [-0.3, -0.25) is 4.79 Å². The molecule has 0 aliphatic carbocycles. The van der Waals surface area contributed by atoms with Gasteiger partial charge in [0.2, 0.25) is 5.91 Å². The van der Waals surface area contributed by atoms with Crippen molar-refractivity contribution in [3.05, 3.63) is 29.8 Å². The van der Waals surface area contributed by atoms with E-state index in [4.69, 9.17) is 4.74 Å². The van der Waals surface area contributed by atoms with Crippen LogP contribution in [0.1, 0.15) is 18.4 Å². The largest absolute Gasteiger partial charge is 0.496 e. The maximum atomic E-state index is 12.2. The van der Waals surface area contributed by atoms with Gasteiger partial charge in [-0.05, 0) is 37.4 Å². The Bertz CT molecular complexity index is 428. The highest BCUT2D eigenvalue weighted by molar-refractivity contribution is 5.81. The van der Waals surface area contributed by atoms with Gasteiger partial charge >= 0.3 is 0 Å². The lowest BCUT2D eigenvalue weighted by atomic mass is 10.1. The first kappa shape index (κ1) is 13.9. The first-order chi connectivity index (χ1) is 9.22. The van der Waals surface area contributed by atoms with Crippen molar-refractivity contribution >= 4 is 5.91 Å². The van der Waals surface area contributed by atoms with E-state index >= 15 is 0 Å². The molecule has 2 rings (SSSR count). The van der Waals surface area contributed by atoms with Crippen molar-refractivity contribution in [1.82, 2.24) is 10.2 Å². The number of para-hydroxylation sites is 1. The first-order valence-corrected chi connectivity index (χ1v) is 6.82. The monoisotopic (exact) mass is 262 g/mol. The maximum Gasteiger partial charge on any atom is 0.239 e. The highest BCUT2D eigenvalue weighted by Crippen LogP contribution is 2.18. The maximum absolute atomic E-state index is 12.2. The molecule has 0 unspecified atom stereocenters. The normalized spacial score (nSPS) is 18.3. The molecule has 0 saturated carbocycles. The topological polar surface area (TPSA) is 41.6 Å². The van der Waals surface area contributed by atoms with Gasteiger partial charge in [0.25, 0.3) is 0 Å². The van der Waals surface area contributed by atoms with E-state index in [-0.39, 0.29) is 11.9 Å². The Kier molecular flexibility index (Phi) is 4.80. The lowest BCUT2D eigenvalue weighted by Crippen LogP contribution is -2.42. The van der Waals surface area contributed by atoms with E-state index in [1.165, 1.54) is 0 Å². The highest BCUT2D eigenvalue weighted by atomic mass is 16.5. The van der Waals surface area contributed by atoms with Crippen molar-refractivity contribution in [2.75, 3.05) is 27.2 Å². The van der Waals surface area contributed by atoms with E-state index in [0.717, 1.165) is 43.7 Å². The zero-order valence-corrected chi connectivity index (χ0v) is 11.7. The van der Waals surface area contributed by atoms with Crippen LogP contribution in [0, 0.1) is 0 Å². The fraction of sp³-hybridized carbons (Fsp3) is 0.533. The number of nitrogens with one attached hydrogen (secondary N) is 1. The van der Waals surface area contributed by atoms with Gasteiger partial charge in [0.05, 0.1) is 13.2 Å². The minimum absolute atomic E-state index is 0.0164. The predicted octanol–water partition coefficient (Wildman–Crippen LogP) is 1.45. The molecule has 0 aromatic heterocycles. The molecule has 0 radical (unpaired) electrons. The Morgan fingerprint density at radius 2 is 2.26 bits per heavy atom. The molecule has 1 amide bonds. The number of amides is 1. The van der Waals surface area contributed by atoms with Gasteiger partial charge in [-0.2, -0.15) is 0 Å². The van der Waals surface area contributed by atoms with E-state index in [9.17, 15) is 4.79 Å². The summed E-state index contributed by atoms with van der Waals surface area (Å²) in [5.41, 5.74) is 1.14. The number of rotatable bonds is 5. The molecule has 1 atom stereocenters. The number of methoxy groups -OCH3 is 1. The molecule has 1 aromatic carbocycles. The number of likely N-dealkylation sites (N-methyl/N-ethyl adjacent to an activating group) is 1. The molecule has 1 fully saturated rings. The quantitative estimate of drug-likeness (QED) is 0.873. The second-order valence-corrected chi connectivity index (χ2v) is 4.97. The first-order valence-electron chi connectivity index (χ1n) is 6.82. The van der Waals surface area contributed by atoms with Gasteiger partial charge in [0.15, 0.2) is 0 Å². The second kappa shape index (κ2) is 6.57. The number of carbonyl (C=O) groups excluding carboxylic acids is 1. The summed E-state index contributed by atoms with van der Waals surface area (Å²) >= 11 is 0. The van der Waals surface area contributed by atoms with Crippen LogP contribution >= 0.6 is 0 Å². The fourth-order valence-corrected chi connectivity index (χ4v) is 2.47. The molecule has 4 heteroatoms. The van der Waals surface area contributed by atoms with Crippen LogP contribution in [0.3, 0.4) is 0 Å². The molecule has 1 N–H and O–H groups in total. The molecule has 1 aliphatic rings. The van der Waals surface area contributed by atoms with Crippen LogP contribution in [-0.2, 0) is 11.2 Å². The van der Waals surface area contributed by atoms with Crippen molar-refractivity contribution in [2.24, 2.45) is 0 Å². The number of ether oxygens (including phenoxy) is 1. The van der Waals surface area contributed by atoms with Crippen LogP contribution in [0.5, 0.6) is 5.75 Å². The third kappa shape index (κ3) is 3.47. The Morgan fingerprint density at radius 1 is 1.47 bits per heavy atom. The van der Waals surface area contributed by atoms with Gasteiger partial charge in [0, 0.05) is 13.6 Å². The van der Waals surface area contributed by atoms with E-state index in [1.54, 1.807) is 7.11 Å². The van der Waals surface area contributed by atoms with Gasteiger partial charge in [-0.15, -0.1) is 0 Å². The number of nitrogens with zero attached hydrogens (tertiary/aromatic N) is 1. The Labute approximate surface area is 114 Å². The molecule has 1 saturated heterocycles. The molecule has 1 aromatic rings. The molecule has 0 bridgehead atoms. The van der Waals surface area contributed by atoms with E-state index in [1.807, 2.05) is 36.2 Å². The standard InChI is InChI=1S/C15H22N2O2/c1-17(15(18)13-7-5-10-16-13)11-9-12-6-3-4-8-14(12)19-2/h3-4,6,8,13,16H,5,7,9-11H2,1-2H3/t13-/m1/s1. The van der Waals surface area contributed by atoms with Gasteiger partial charge in [-0.25, -0.2) is 0 Å². The van der Waals surface area contributed by atoms with Crippen LogP contribution in [0.2, 0.25) is 0 Å². The van der Waals surface area contributed by atoms with E-state index < -0.39 is 0 Å². The average Bonchev–Trinajstić information content (AvgIpc) is 2.98. The SMILES string of the molecule is COc1ccccc1CCN(C)C(=O)[C@H]1CCCN1. The average molecular weight is 262 g/mol. The van der Waals surface area contributed by atoms with Crippen LogP contribution < -0.4 is 10.1 Å². The smallest absolute Gasteiger partial charge is 0.239 e. The second-order valence-electron chi connectivity index (χ2n) is 4.97. The Morgan fingerprint density at radius 3 is 2.95 bits per heavy atom. The number of hydrogen-bond acceptors (Lipinski definition) is 3. The van der Waals surface area contributed by atoms with Gasteiger partial charge in [0.1, 0.15) is 5.75 Å². The third-order valence-corrected chi connectivity index (χ3v) is 3.64. The number of hydrogen-bond donors (Lipinski definition) is 1. The lowest BCUT2D eigenvalue weighted by Gasteiger charge is -2.21. The van der Waals surface area contributed by atoms with Crippen molar-refractivity contribution in [1.29, 1.82) is 0 Å². The molecule has 1 heterocycles. The van der Waals surface area contributed by atoms with Crippen LogP contribution in [0.25, 0.3) is 0 Å². The summed E-state index contributed by atoms with van der Waals surface area (Å²) in [4.78, 5) is 14.0. The van der Waals surface area contributed by atoms with Crippen molar-refractivity contribution < 1.29 is 9.53 Å². The molecule has 19 heavy (non-hydrogen) atoms. The molecule has 104 valence electrons. The van der Waals surface area contributed by atoms with Crippen LogP contribution in [-0.4, -0.2) is 44.1 Å². The summed E-state index contributed by atoms with van der Waals surface area (Å²) in [5.74, 6) is 1.09. The zero-order valence-electron chi connectivity index (χ0n) is 11.7. The van der Waals surface area contributed by atoms with Crippen LogP contribution in [0.4, 0.5) is 0 Å². The lowest BCUT2D eigenvalue weighted by molar-refractivity contribution is -0.131. The zero-order chi connectivity index (χ0) is 13.7. The molecular weight excluding hydrogens is 240 g/mol. The van der Waals surface area contributed by atoms with Crippen molar-refractivity contribution in [3.8, 4) is 5.75 Å². The van der Waals surface area contributed by atoms with E-state index in [2.05, 4.69) is 5.32 Å². The van der Waals surface area contributed by atoms with Crippen LogP contribution in [0.15, 0.2) is 24.3 Å². The van der Waals surface area contributed by atoms with Gasteiger partial charge in [-0.1, -0.05) is 18.2 Å². The summed E-state index contributed by atoms with van der Waals surface area (Å²) in [6.07, 6.45) is 2.87. The number of benzene rings is 1.